The third-order valence-corrected chi connectivity index (χ3v) is 4.11. The molecule has 1 nitrogen and oxygen atoms in total. The van der Waals surface area contributed by atoms with E-state index in [-0.39, 0.29) is 58.6 Å². The number of allylic oxidation sites excluding steroid dienone is 4. The van der Waals surface area contributed by atoms with Gasteiger partial charge in [0.1, 0.15) is 0 Å². The zero-order valence-electron chi connectivity index (χ0n) is 15.8. The van der Waals surface area contributed by atoms with E-state index in [4.69, 9.17) is 5.11 Å². The molecule has 133 valence electrons. The number of hydrogen-bond acceptors (Lipinski definition) is 1. The second-order valence-electron chi connectivity index (χ2n) is 7.06. The quantitative estimate of drug-likeness (QED) is 0.484. The summed E-state index contributed by atoms with van der Waals surface area (Å²) in [4.78, 5) is 0. The van der Waals surface area contributed by atoms with Crippen LogP contribution in [0.5, 0.6) is 0 Å². The van der Waals surface area contributed by atoms with Crippen molar-refractivity contribution in [3.05, 3.63) is 52.6 Å². The van der Waals surface area contributed by atoms with Gasteiger partial charge in [0.05, 0.1) is 0 Å². The van der Waals surface area contributed by atoms with Crippen LogP contribution in [0.4, 0.5) is 0 Å². The summed E-state index contributed by atoms with van der Waals surface area (Å²) < 4.78 is 0. The monoisotopic (exact) mass is 403 g/mol. The van der Waals surface area contributed by atoms with Crippen molar-refractivity contribution < 1.29 is 51.6 Å². The molecule has 0 heterocycles. The van der Waals surface area contributed by atoms with Crippen LogP contribution >= 0.6 is 0 Å². The molecule has 0 aliphatic heterocycles. The third kappa shape index (κ3) is 7.89. The molecule has 2 rings (SSSR count). The summed E-state index contributed by atoms with van der Waals surface area (Å²) in [6, 6.07) is 11.6. The Labute approximate surface area is 175 Å². The molecular formula is C20H29Cl2OTi. The fraction of sp³-hybridized carbons (Fsp3) is 0.500. The van der Waals surface area contributed by atoms with Gasteiger partial charge in [-0.2, -0.15) is 0 Å². The third-order valence-electron chi connectivity index (χ3n) is 4.11. The van der Waals surface area contributed by atoms with Crippen LogP contribution < -0.4 is 24.8 Å². The average Bonchev–Trinajstić information content (AvgIpc) is 2.64. The minimum Gasteiger partial charge on any atom is -1.00 e. The number of halogens is 2. The van der Waals surface area contributed by atoms with Crippen LogP contribution in [0.15, 0.2) is 41.0 Å². The molecule has 1 aromatic carbocycles. The van der Waals surface area contributed by atoms with Gasteiger partial charge in [-0.25, -0.2) is 0 Å². The molecule has 0 aromatic heterocycles. The smallest absolute Gasteiger partial charge is 1.00 e. The molecule has 1 radical (unpaired) electrons. The summed E-state index contributed by atoms with van der Waals surface area (Å²) in [5, 5.41) is 8.40. The van der Waals surface area contributed by atoms with Crippen molar-refractivity contribution in [2.45, 2.75) is 48.5 Å². The predicted octanol–water partition coefficient (Wildman–Crippen LogP) is -0.723. The Morgan fingerprint density at radius 3 is 1.83 bits per heavy atom. The van der Waals surface area contributed by atoms with E-state index < -0.39 is 0 Å². The maximum absolute atomic E-state index is 8.40. The minimum absolute atomic E-state index is 0. The van der Waals surface area contributed by atoms with Gasteiger partial charge in [-0.05, 0) is 32.1 Å². The van der Waals surface area contributed by atoms with Crippen LogP contribution in [0, 0.1) is 17.4 Å². The van der Waals surface area contributed by atoms with Crippen molar-refractivity contribution in [2.24, 2.45) is 11.3 Å². The van der Waals surface area contributed by atoms with E-state index in [1.165, 1.54) is 27.9 Å². The molecule has 0 spiro atoms. The summed E-state index contributed by atoms with van der Waals surface area (Å²) in [7, 11) is 0. The molecule has 1 aliphatic carbocycles. The zero-order valence-corrected chi connectivity index (χ0v) is 18.9. The Bertz CT molecular complexity index is 543. The van der Waals surface area contributed by atoms with E-state index in [0.29, 0.717) is 5.92 Å². The van der Waals surface area contributed by atoms with E-state index in [9.17, 15) is 0 Å². The van der Waals surface area contributed by atoms with E-state index in [2.05, 4.69) is 45.9 Å². The van der Waals surface area contributed by atoms with Crippen LogP contribution in [0.25, 0.3) is 5.57 Å². The number of benzene rings is 1. The van der Waals surface area contributed by atoms with Crippen molar-refractivity contribution in [1.82, 2.24) is 0 Å². The van der Waals surface area contributed by atoms with Crippen LogP contribution in [-0.2, 0) is 21.7 Å². The van der Waals surface area contributed by atoms with Crippen molar-refractivity contribution in [3.63, 3.8) is 0 Å². The molecule has 1 unspecified atom stereocenters. The fourth-order valence-corrected chi connectivity index (χ4v) is 2.36. The van der Waals surface area contributed by atoms with Gasteiger partial charge < -0.3 is 29.9 Å². The second kappa shape index (κ2) is 12.3. The Kier molecular flexibility index (Phi) is 14.8. The maximum Gasteiger partial charge on any atom is 3.00 e. The molecule has 1 atom stereocenters. The van der Waals surface area contributed by atoms with E-state index in [0.717, 1.165) is 0 Å². The van der Waals surface area contributed by atoms with Gasteiger partial charge >= 0.3 is 21.7 Å². The van der Waals surface area contributed by atoms with Crippen LogP contribution in [-0.4, -0.2) is 11.7 Å². The molecule has 0 saturated carbocycles. The van der Waals surface area contributed by atoms with E-state index >= 15 is 0 Å². The summed E-state index contributed by atoms with van der Waals surface area (Å²) in [5.41, 5.74) is 7.18. The van der Waals surface area contributed by atoms with Gasteiger partial charge in [0.2, 0.25) is 0 Å². The van der Waals surface area contributed by atoms with Crippen LogP contribution in [0.2, 0.25) is 0 Å². The number of hydrogen-bond donors (Lipinski definition) is 1. The topological polar surface area (TPSA) is 20.2 Å². The Morgan fingerprint density at radius 1 is 1.04 bits per heavy atom. The van der Waals surface area contributed by atoms with E-state index in [1.807, 2.05) is 32.9 Å². The average molecular weight is 404 g/mol. The number of aliphatic hydroxyl groups is 1. The summed E-state index contributed by atoms with van der Waals surface area (Å²) in [6.07, 6.45) is 0. The molecule has 0 saturated heterocycles. The first-order valence-corrected chi connectivity index (χ1v) is 7.65. The molecule has 0 amide bonds. The molecule has 1 aliphatic rings. The largest absolute Gasteiger partial charge is 3.00 e. The normalized spacial score (nSPS) is 16.4. The zero-order chi connectivity index (χ0) is 16.2. The van der Waals surface area contributed by atoms with E-state index in [1.54, 1.807) is 0 Å². The van der Waals surface area contributed by atoms with Crippen LogP contribution in [0.1, 0.15) is 54.0 Å². The van der Waals surface area contributed by atoms with Crippen molar-refractivity contribution in [3.8, 4) is 0 Å². The molecule has 0 bridgehead atoms. The maximum atomic E-state index is 8.40. The van der Waals surface area contributed by atoms with Gasteiger partial charge in [-0.3, -0.25) is 0 Å². The SMILES string of the molecule is CC(C)(C)CO.CC1=C(C)C(C)C(c2[c-]cccc2)=C1C.[Cl-].[Cl-].[Ti+3]. The van der Waals surface area contributed by atoms with Crippen molar-refractivity contribution in [2.75, 3.05) is 6.61 Å². The van der Waals surface area contributed by atoms with Crippen molar-refractivity contribution >= 4 is 5.57 Å². The summed E-state index contributed by atoms with van der Waals surface area (Å²) >= 11 is 0. The van der Waals surface area contributed by atoms with Gasteiger partial charge in [0, 0.05) is 6.61 Å². The van der Waals surface area contributed by atoms with Gasteiger partial charge in [0.15, 0.2) is 0 Å². The molecule has 1 N–H and O–H groups in total. The predicted molar refractivity (Wildman–Crippen MR) is 92.0 cm³/mol. The first-order chi connectivity index (χ1) is 9.69. The first kappa shape index (κ1) is 28.7. The Hall–Kier alpha value is -0.0457. The number of aliphatic hydroxyl groups excluding tert-OH is 1. The molecule has 24 heavy (non-hydrogen) atoms. The fourth-order valence-electron chi connectivity index (χ4n) is 2.36. The van der Waals surface area contributed by atoms with Gasteiger partial charge in [-0.15, -0.1) is 41.5 Å². The number of rotatable bonds is 1. The summed E-state index contributed by atoms with van der Waals surface area (Å²) in [5.74, 6) is 0.545. The standard InChI is InChI=1S/C15H17.C5H12O.2ClH.Ti/c1-10-11(2)13(4)15(12(10)3)14-8-6-5-7-9-14;1-5(2,3)4-6;;;/h5-8,12H,1-4H3;6H,4H2,1-3H3;2*1H;/q-1;;;;+3/p-2. The van der Waals surface area contributed by atoms with Crippen molar-refractivity contribution in [1.29, 1.82) is 0 Å². The molecule has 0 fully saturated rings. The molecule has 1 aromatic rings. The Balaban J connectivity index is -0.000000432. The van der Waals surface area contributed by atoms with Gasteiger partial charge in [0.25, 0.3) is 0 Å². The Morgan fingerprint density at radius 2 is 1.54 bits per heavy atom. The molecule has 4 heteroatoms. The minimum atomic E-state index is 0. The molecular weight excluding hydrogens is 375 g/mol. The second-order valence-corrected chi connectivity index (χ2v) is 7.06. The van der Waals surface area contributed by atoms with Crippen LogP contribution in [0.3, 0.4) is 0 Å². The van der Waals surface area contributed by atoms with Gasteiger partial charge in [-0.1, -0.05) is 44.4 Å². The summed E-state index contributed by atoms with van der Waals surface area (Å²) in [6.45, 7) is 15.2. The first-order valence-electron chi connectivity index (χ1n) is 7.65.